The minimum Gasteiger partial charge on any atom is -0.598 e. The van der Waals surface area contributed by atoms with Crippen LogP contribution < -0.4 is 4.72 Å². The summed E-state index contributed by atoms with van der Waals surface area (Å²) in [4.78, 5) is 18.6. The van der Waals surface area contributed by atoms with Crippen LogP contribution in [0.25, 0.3) is 0 Å². The number of carbonyl (C=O) groups is 1. The molecular weight excluding hydrogens is 446 g/mol. The van der Waals surface area contributed by atoms with Crippen molar-refractivity contribution in [1.82, 2.24) is 14.6 Å². The molecule has 1 amide bonds. The van der Waals surface area contributed by atoms with Gasteiger partial charge in [-0.2, -0.15) is 0 Å². The summed E-state index contributed by atoms with van der Waals surface area (Å²) in [5.41, 5.74) is 1.32. The first-order valence-electron chi connectivity index (χ1n) is 12.4. The van der Waals surface area contributed by atoms with Gasteiger partial charge in [-0.15, -0.1) is 4.72 Å². The van der Waals surface area contributed by atoms with Gasteiger partial charge >= 0.3 is 6.09 Å². The molecule has 194 valence electrons. The zero-order chi connectivity index (χ0) is 26.3. The van der Waals surface area contributed by atoms with Gasteiger partial charge in [0.05, 0.1) is 11.7 Å². The Balaban J connectivity index is 2.37. The van der Waals surface area contributed by atoms with Gasteiger partial charge in [0.15, 0.2) is 0 Å². The van der Waals surface area contributed by atoms with Gasteiger partial charge in [-0.1, -0.05) is 47.6 Å². The molecule has 1 aliphatic rings. The van der Waals surface area contributed by atoms with Gasteiger partial charge < -0.3 is 14.6 Å². The van der Waals surface area contributed by atoms with Crippen molar-refractivity contribution < 1.29 is 14.5 Å². The standard InChI is InChI=1S/C27H47N3O3S/c1-24(2,3)21-14-12-13-19(28-21)20(29-34(33)26(7,8)9)16-15-18-17-30(23(31)32)27(10,11)22(18)25(4,5)6/h12-14,18,20,22,29H,15-17H2,1-11H3,(H,31,32)/t18-,20?,22?,34?/m1/s1. The molecular formula is C27H47N3O3S. The molecule has 1 aromatic heterocycles. The fraction of sp³-hybridized carbons (Fsp3) is 0.778. The molecule has 34 heavy (non-hydrogen) atoms. The highest BCUT2D eigenvalue weighted by Gasteiger charge is 2.54. The molecule has 1 aliphatic heterocycles. The summed E-state index contributed by atoms with van der Waals surface area (Å²) in [5.74, 6) is 0.419. The molecule has 4 atom stereocenters. The van der Waals surface area contributed by atoms with Crippen molar-refractivity contribution in [3.63, 3.8) is 0 Å². The van der Waals surface area contributed by atoms with Crippen molar-refractivity contribution in [2.24, 2.45) is 17.3 Å². The summed E-state index contributed by atoms with van der Waals surface area (Å²) in [6.07, 6.45) is 0.712. The number of aromatic nitrogens is 1. The molecule has 0 bridgehead atoms. The summed E-state index contributed by atoms with van der Waals surface area (Å²) >= 11 is -1.25. The maximum atomic E-state index is 13.1. The predicted octanol–water partition coefficient (Wildman–Crippen LogP) is 6.30. The molecule has 1 aromatic rings. The summed E-state index contributed by atoms with van der Waals surface area (Å²) in [6, 6.07) is 5.91. The van der Waals surface area contributed by atoms with Gasteiger partial charge in [0.25, 0.3) is 0 Å². The Labute approximate surface area is 210 Å². The Morgan fingerprint density at radius 2 is 1.79 bits per heavy atom. The lowest BCUT2D eigenvalue weighted by Gasteiger charge is -2.42. The van der Waals surface area contributed by atoms with Gasteiger partial charge in [-0.3, -0.25) is 4.98 Å². The fourth-order valence-corrected chi connectivity index (χ4v) is 6.54. The van der Waals surface area contributed by atoms with Gasteiger partial charge in [0.1, 0.15) is 4.75 Å². The monoisotopic (exact) mass is 493 g/mol. The zero-order valence-corrected chi connectivity index (χ0v) is 24.0. The third kappa shape index (κ3) is 6.67. The minimum atomic E-state index is -1.25. The first-order chi connectivity index (χ1) is 15.3. The Morgan fingerprint density at radius 3 is 2.26 bits per heavy atom. The Hall–Kier alpha value is -1.31. The molecule has 1 fully saturated rings. The van der Waals surface area contributed by atoms with Crippen LogP contribution in [-0.4, -0.2) is 42.5 Å². The van der Waals surface area contributed by atoms with E-state index in [1.54, 1.807) is 4.90 Å². The number of carboxylic acid groups (broad SMARTS) is 1. The smallest absolute Gasteiger partial charge is 0.407 e. The Morgan fingerprint density at radius 1 is 1.21 bits per heavy atom. The van der Waals surface area contributed by atoms with E-state index in [0.29, 0.717) is 6.54 Å². The lowest BCUT2D eigenvalue weighted by atomic mass is 9.65. The van der Waals surface area contributed by atoms with Crippen LogP contribution in [0, 0.1) is 17.3 Å². The predicted molar refractivity (Wildman–Crippen MR) is 141 cm³/mol. The second kappa shape index (κ2) is 9.98. The number of likely N-dealkylation sites (tertiary alicyclic amines) is 1. The van der Waals surface area contributed by atoms with Crippen molar-refractivity contribution in [3.8, 4) is 0 Å². The maximum absolute atomic E-state index is 13.1. The quantitative estimate of drug-likeness (QED) is 0.454. The van der Waals surface area contributed by atoms with Crippen molar-refractivity contribution in [1.29, 1.82) is 0 Å². The van der Waals surface area contributed by atoms with Crippen LogP contribution in [0.3, 0.4) is 0 Å². The normalized spacial score (nSPS) is 23.1. The zero-order valence-electron chi connectivity index (χ0n) is 23.2. The largest absolute Gasteiger partial charge is 0.598 e. The molecule has 0 aliphatic carbocycles. The molecule has 6 nitrogen and oxygen atoms in total. The number of nitrogens with zero attached hydrogens (tertiary/aromatic N) is 2. The molecule has 2 N–H and O–H groups in total. The summed E-state index contributed by atoms with van der Waals surface area (Å²) in [7, 11) is 0. The van der Waals surface area contributed by atoms with Gasteiger partial charge in [-0.05, 0) is 76.8 Å². The van der Waals surface area contributed by atoms with E-state index >= 15 is 0 Å². The molecule has 2 rings (SSSR count). The second-order valence-corrected chi connectivity index (χ2v) is 15.5. The van der Waals surface area contributed by atoms with E-state index in [0.717, 1.165) is 24.2 Å². The van der Waals surface area contributed by atoms with Gasteiger partial charge in [0, 0.05) is 34.6 Å². The lowest BCUT2D eigenvalue weighted by molar-refractivity contribution is 0.0632. The average molecular weight is 494 g/mol. The number of hydrogen-bond acceptors (Lipinski definition) is 4. The SMILES string of the molecule is CC(C)(C)c1cccc(C(CC[C@@H]2CN(C(=O)O)C(C)(C)C2C(C)(C)C)N[S+]([O-])C(C)(C)C)n1. The first-order valence-corrected chi connectivity index (χ1v) is 13.6. The fourth-order valence-electron chi connectivity index (χ4n) is 5.69. The number of rotatable bonds is 6. The topological polar surface area (TPSA) is 88.5 Å². The molecule has 7 heteroatoms. The number of hydrogen-bond donors (Lipinski definition) is 2. The average Bonchev–Trinajstić information content (AvgIpc) is 2.94. The van der Waals surface area contributed by atoms with Crippen LogP contribution in [0.5, 0.6) is 0 Å². The molecule has 2 heterocycles. The molecule has 3 unspecified atom stereocenters. The van der Waals surface area contributed by atoms with Crippen molar-refractivity contribution in [3.05, 3.63) is 29.6 Å². The van der Waals surface area contributed by atoms with Crippen LogP contribution in [-0.2, 0) is 16.8 Å². The van der Waals surface area contributed by atoms with Crippen LogP contribution >= 0.6 is 0 Å². The van der Waals surface area contributed by atoms with Gasteiger partial charge in [-0.25, -0.2) is 4.79 Å². The van der Waals surface area contributed by atoms with E-state index in [2.05, 4.69) is 60.1 Å². The highest BCUT2D eigenvalue weighted by molar-refractivity contribution is 7.90. The first kappa shape index (κ1) is 28.9. The number of nitrogens with one attached hydrogen (secondary N) is 1. The van der Waals surface area contributed by atoms with Crippen molar-refractivity contribution >= 4 is 17.5 Å². The summed E-state index contributed by atoms with van der Waals surface area (Å²) in [6.45, 7) is 23.6. The molecule has 0 radical (unpaired) electrons. The molecule has 0 aromatic carbocycles. The minimum absolute atomic E-state index is 0.0417. The third-order valence-electron chi connectivity index (χ3n) is 7.04. The molecule has 1 saturated heterocycles. The van der Waals surface area contributed by atoms with Crippen LogP contribution in [0.1, 0.15) is 106 Å². The van der Waals surface area contributed by atoms with E-state index in [1.165, 1.54) is 0 Å². The molecule has 0 saturated carbocycles. The van der Waals surface area contributed by atoms with Crippen molar-refractivity contribution in [2.75, 3.05) is 6.54 Å². The van der Waals surface area contributed by atoms with Crippen molar-refractivity contribution in [2.45, 2.75) is 111 Å². The molecule has 0 spiro atoms. The van der Waals surface area contributed by atoms with E-state index < -0.39 is 27.7 Å². The van der Waals surface area contributed by atoms with Crippen LogP contribution in [0.4, 0.5) is 4.79 Å². The third-order valence-corrected chi connectivity index (χ3v) is 8.65. The summed E-state index contributed by atoms with van der Waals surface area (Å²) in [5, 5.41) is 9.88. The lowest BCUT2D eigenvalue weighted by Crippen LogP contribution is -2.49. The maximum Gasteiger partial charge on any atom is 0.407 e. The number of pyridine rings is 1. The van der Waals surface area contributed by atoms with E-state index in [-0.39, 0.29) is 28.7 Å². The number of amides is 1. The van der Waals surface area contributed by atoms with Crippen LogP contribution in [0.15, 0.2) is 18.2 Å². The second-order valence-electron chi connectivity index (χ2n) is 13.5. The van der Waals surface area contributed by atoms with Crippen LogP contribution in [0.2, 0.25) is 0 Å². The van der Waals surface area contributed by atoms with E-state index in [1.807, 2.05) is 39.0 Å². The Kier molecular flexibility index (Phi) is 8.49. The van der Waals surface area contributed by atoms with E-state index in [4.69, 9.17) is 4.98 Å². The highest BCUT2D eigenvalue weighted by atomic mass is 32.2. The highest BCUT2D eigenvalue weighted by Crippen LogP contribution is 2.50. The van der Waals surface area contributed by atoms with E-state index in [9.17, 15) is 14.5 Å². The van der Waals surface area contributed by atoms with Gasteiger partial charge in [0.2, 0.25) is 0 Å². The Bertz CT molecular complexity index is 852. The summed E-state index contributed by atoms with van der Waals surface area (Å²) < 4.78 is 16.0.